The molecule has 2 N–H and O–H groups in total. The van der Waals surface area contributed by atoms with Crippen molar-refractivity contribution in [3.8, 4) is 0 Å². The van der Waals surface area contributed by atoms with Crippen LogP contribution in [0.25, 0.3) is 0 Å². The van der Waals surface area contributed by atoms with Gasteiger partial charge in [-0.2, -0.15) is 0 Å². The predicted molar refractivity (Wildman–Crippen MR) is 91.2 cm³/mol. The summed E-state index contributed by atoms with van der Waals surface area (Å²) in [7, 11) is -3.23. The number of hydrogen-bond donors (Lipinski definition) is 2. The summed E-state index contributed by atoms with van der Waals surface area (Å²) in [6.07, 6.45) is 0. The van der Waals surface area contributed by atoms with E-state index >= 15 is 0 Å². The molecule has 2 aromatic rings. The highest BCUT2D eigenvalue weighted by atomic mass is 32.2. The number of benzene rings is 2. The maximum absolute atomic E-state index is 12.0. The topological polar surface area (TPSA) is 75.3 Å². The maximum atomic E-state index is 12.0. The number of amides is 2. The molecule has 0 saturated heterocycles. The fourth-order valence-corrected chi connectivity index (χ4v) is 2.99. The average Bonchev–Trinajstić information content (AvgIpc) is 2.56. The Morgan fingerprint density at radius 3 is 2.22 bits per heavy atom. The predicted octanol–water partition coefficient (Wildman–Crippen LogP) is 3.36. The van der Waals surface area contributed by atoms with Gasteiger partial charge < -0.3 is 10.6 Å². The van der Waals surface area contributed by atoms with Gasteiger partial charge in [0.05, 0.1) is 16.7 Å². The zero-order chi connectivity index (χ0) is 16.9. The molecular formula is C17H20N2O3S. The van der Waals surface area contributed by atoms with Crippen LogP contribution >= 0.6 is 0 Å². The minimum atomic E-state index is -3.23. The monoisotopic (exact) mass is 332 g/mol. The fraction of sp³-hybridized carbons (Fsp3) is 0.235. The molecule has 2 aromatic carbocycles. The molecule has 0 fully saturated rings. The van der Waals surface area contributed by atoms with Crippen molar-refractivity contribution in [2.45, 2.75) is 24.8 Å². The lowest BCUT2D eigenvalue weighted by molar-refractivity contribution is 0.249. The molecule has 0 aliphatic carbocycles. The van der Waals surface area contributed by atoms with E-state index in [0.29, 0.717) is 5.69 Å². The smallest absolute Gasteiger partial charge is 0.319 e. The third-order valence-electron chi connectivity index (χ3n) is 3.50. The van der Waals surface area contributed by atoms with Crippen molar-refractivity contribution in [2.24, 2.45) is 0 Å². The number of carbonyl (C=O) groups is 1. The number of urea groups is 1. The van der Waals surface area contributed by atoms with Crippen molar-refractivity contribution in [1.29, 1.82) is 0 Å². The van der Waals surface area contributed by atoms with E-state index in [-0.39, 0.29) is 22.7 Å². The number of rotatable bonds is 5. The van der Waals surface area contributed by atoms with Crippen LogP contribution in [0.15, 0.2) is 59.5 Å². The lowest BCUT2D eigenvalue weighted by Gasteiger charge is -2.15. The Bertz CT molecular complexity index is 756. The molecule has 0 heterocycles. The Labute approximate surface area is 136 Å². The van der Waals surface area contributed by atoms with Crippen molar-refractivity contribution < 1.29 is 13.2 Å². The van der Waals surface area contributed by atoms with E-state index < -0.39 is 9.84 Å². The van der Waals surface area contributed by atoms with Gasteiger partial charge in [0.1, 0.15) is 0 Å². The molecule has 0 bridgehead atoms. The summed E-state index contributed by atoms with van der Waals surface area (Å²) in [6.45, 7) is 3.49. The summed E-state index contributed by atoms with van der Waals surface area (Å²) >= 11 is 0. The van der Waals surface area contributed by atoms with Crippen LogP contribution < -0.4 is 10.6 Å². The Balaban J connectivity index is 1.98. The second-order valence-corrected chi connectivity index (χ2v) is 7.44. The van der Waals surface area contributed by atoms with Crippen LogP contribution in [0, 0.1) is 0 Å². The highest BCUT2D eigenvalue weighted by Gasteiger charge is 2.12. The van der Waals surface area contributed by atoms with Crippen molar-refractivity contribution in [1.82, 2.24) is 5.32 Å². The minimum Gasteiger partial charge on any atom is -0.331 e. The Morgan fingerprint density at radius 1 is 1.04 bits per heavy atom. The summed E-state index contributed by atoms with van der Waals surface area (Å²) in [5.41, 5.74) is 1.55. The SMILES string of the molecule is CCS(=O)(=O)c1ccc(NC(=O)NC(C)c2ccccc2)cc1. The van der Waals surface area contributed by atoms with Crippen molar-refractivity contribution >= 4 is 21.6 Å². The van der Waals surface area contributed by atoms with E-state index in [0.717, 1.165) is 5.56 Å². The van der Waals surface area contributed by atoms with Crippen molar-refractivity contribution in [3.05, 3.63) is 60.2 Å². The van der Waals surface area contributed by atoms with E-state index in [1.807, 2.05) is 37.3 Å². The van der Waals surface area contributed by atoms with Gasteiger partial charge in [-0.1, -0.05) is 37.3 Å². The molecule has 0 aliphatic rings. The third kappa shape index (κ3) is 4.56. The third-order valence-corrected chi connectivity index (χ3v) is 5.25. The zero-order valence-electron chi connectivity index (χ0n) is 13.1. The largest absolute Gasteiger partial charge is 0.331 e. The molecule has 0 aliphatic heterocycles. The van der Waals surface area contributed by atoms with Crippen LogP contribution in [-0.2, 0) is 9.84 Å². The van der Waals surface area contributed by atoms with Crippen molar-refractivity contribution in [2.75, 3.05) is 11.1 Å². The quantitative estimate of drug-likeness (QED) is 0.881. The summed E-state index contributed by atoms with van der Waals surface area (Å²) < 4.78 is 23.5. The minimum absolute atomic E-state index is 0.0504. The molecule has 0 spiro atoms. The molecule has 2 amide bonds. The molecule has 23 heavy (non-hydrogen) atoms. The van der Waals surface area contributed by atoms with Crippen LogP contribution in [-0.4, -0.2) is 20.2 Å². The number of sulfone groups is 1. The van der Waals surface area contributed by atoms with Crippen molar-refractivity contribution in [3.63, 3.8) is 0 Å². The fourth-order valence-electron chi connectivity index (χ4n) is 2.10. The molecule has 0 aromatic heterocycles. The van der Waals surface area contributed by atoms with Gasteiger partial charge in [-0.3, -0.25) is 0 Å². The summed E-state index contributed by atoms with van der Waals surface area (Å²) in [4.78, 5) is 12.2. The van der Waals surface area contributed by atoms with Gasteiger partial charge in [-0.25, -0.2) is 13.2 Å². The molecule has 2 rings (SSSR count). The number of anilines is 1. The van der Waals surface area contributed by atoms with E-state index in [1.165, 1.54) is 12.1 Å². The molecule has 1 atom stereocenters. The van der Waals surface area contributed by atoms with Gasteiger partial charge in [0, 0.05) is 5.69 Å². The molecule has 0 radical (unpaired) electrons. The van der Waals surface area contributed by atoms with E-state index in [4.69, 9.17) is 0 Å². The lowest BCUT2D eigenvalue weighted by Crippen LogP contribution is -2.31. The maximum Gasteiger partial charge on any atom is 0.319 e. The van der Waals surface area contributed by atoms with Gasteiger partial charge in [0.15, 0.2) is 9.84 Å². The van der Waals surface area contributed by atoms with Crippen LogP contribution in [0.3, 0.4) is 0 Å². The first-order valence-corrected chi connectivity index (χ1v) is 9.03. The summed E-state index contributed by atoms with van der Waals surface area (Å²) in [5.74, 6) is 0.0504. The van der Waals surface area contributed by atoms with Gasteiger partial charge in [-0.15, -0.1) is 0 Å². The standard InChI is InChI=1S/C17H20N2O3S/c1-3-23(21,22)16-11-9-15(10-12-16)19-17(20)18-13(2)14-7-5-4-6-8-14/h4-13H,3H2,1-2H3,(H2,18,19,20). The second kappa shape index (κ2) is 7.28. The first-order chi connectivity index (χ1) is 10.9. The lowest BCUT2D eigenvalue weighted by atomic mass is 10.1. The average molecular weight is 332 g/mol. The first-order valence-electron chi connectivity index (χ1n) is 7.37. The van der Waals surface area contributed by atoms with Gasteiger partial charge in [-0.05, 0) is 36.8 Å². The number of nitrogens with one attached hydrogen (secondary N) is 2. The summed E-state index contributed by atoms with van der Waals surface area (Å²) in [5, 5.41) is 5.53. The van der Waals surface area contributed by atoms with Gasteiger partial charge in [0.25, 0.3) is 0 Å². The Kier molecular flexibility index (Phi) is 5.39. The number of carbonyl (C=O) groups excluding carboxylic acids is 1. The molecule has 5 nitrogen and oxygen atoms in total. The normalized spacial score (nSPS) is 12.4. The molecule has 1 unspecified atom stereocenters. The van der Waals surface area contributed by atoms with E-state index in [1.54, 1.807) is 19.1 Å². The highest BCUT2D eigenvalue weighted by Crippen LogP contribution is 2.16. The zero-order valence-corrected chi connectivity index (χ0v) is 13.9. The molecular weight excluding hydrogens is 312 g/mol. The van der Waals surface area contributed by atoms with E-state index in [2.05, 4.69) is 10.6 Å². The van der Waals surface area contributed by atoms with Gasteiger partial charge >= 0.3 is 6.03 Å². The van der Waals surface area contributed by atoms with Crippen LogP contribution in [0.5, 0.6) is 0 Å². The van der Waals surface area contributed by atoms with Crippen LogP contribution in [0.2, 0.25) is 0 Å². The molecule has 122 valence electrons. The Hall–Kier alpha value is -2.34. The highest BCUT2D eigenvalue weighted by molar-refractivity contribution is 7.91. The van der Waals surface area contributed by atoms with Gasteiger partial charge in [0.2, 0.25) is 0 Å². The Morgan fingerprint density at radius 2 is 1.65 bits per heavy atom. The molecule has 0 saturated carbocycles. The van der Waals surface area contributed by atoms with Crippen LogP contribution in [0.1, 0.15) is 25.5 Å². The number of hydrogen-bond acceptors (Lipinski definition) is 3. The van der Waals surface area contributed by atoms with E-state index in [9.17, 15) is 13.2 Å². The summed E-state index contributed by atoms with van der Waals surface area (Å²) in [6, 6.07) is 15.3. The van der Waals surface area contributed by atoms with Crippen LogP contribution in [0.4, 0.5) is 10.5 Å². The first kappa shape index (κ1) is 17.0. The second-order valence-electron chi connectivity index (χ2n) is 5.16. The molecule has 6 heteroatoms.